The van der Waals surface area contributed by atoms with Crippen LogP contribution in [-0.4, -0.2) is 91.4 Å². The van der Waals surface area contributed by atoms with E-state index < -0.39 is 21.2 Å². The van der Waals surface area contributed by atoms with E-state index in [0.717, 1.165) is 64.7 Å². The van der Waals surface area contributed by atoms with Crippen molar-refractivity contribution in [1.29, 1.82) is 0 Å². The van der Waals surface area contributed by atoms with Crippen molar-refractivity contribution in [2.75, 3.05) is 40.5 Å². The molecule has 7 rings (SSSR count). The molecular formula is C41H51N5O7S. The first-order valence-corrected chi connectivity index (χ1v) is 20.6. The summed E-state index contributed by atoms with van der Waals surface area (Å²) < 4.78 is 49.0. The van der Waals surface area contributed by atoms with Gasteiger partial charge in [0.25, 0.3) is 11.8 Å². The fourth-order valence-corrected chi connectivity index (χ4v) is 8.99. The molecule has 288 valence electrons. The van der Waals surface area contributed by atoms with E-state index in [4.69, 9.17) is 19.3 Å². The molecule has 4 heterocycles. The number of amides is 2. The number of rotatable bonds is 10. The van der Waals surface area contributed by atoms with E-state index in [9.17, 15) is 18.0 Å². The minimum atomic E-state index is -3.85. The molecule has 4 aromatic rings. The number of aryl methyl sites for hydroxylation is 2. The van der Waals surface area contributed by atoms with E-state index in [0.29, 0.717) is 62.3 Å². The molecule has 1 saturated carbocycles. The lowest BCUT2D eigenvalue weighted by molar-refractivity contribution is -0.0531. The summed E-state index contributed by atoms with van der Waals surface area (Å²) in [7, 11) is -0.560. The smallest absolute Gasteiger partial charge is 0.264 e. The highest BCUT2D eigenvalue weighted by Gasteiger charge is 2.34. The molecule has 1 N–H and O–H groups in total. The maximum Gasteiger partial charge on any atom is 0.264 e. The highest BCUT2D eigenvalue weighted by atomic mass is 32.2. The van der Waals surface area contributed by atoms with E-state index in [-0.39, 0.29) is 17.6 Å². The van der Waals surface area contributed by atoms with Crippen LogP contribution in [0.15, 0.2) is 36.4 Å². The van der Waals surface area contributed by atoms with Gasteiger partial charge in [0.1, 0.15) is 5.75 Å². The van der Waals surface area contributed by atoms with Crippen molar-refractivity contribution in [3.63, 3.8) is 0 Å². The van der Waals surface area contributed by atoms with E-state index in [1.54, 1.807) is 34.1 Å². The third-order valence-corrected chi connectivity index (χ3v) is 12.8. The Morgan fingerprint density at radius 3 is 2.54 bits per heavy atom. The minimum Gasteiger partial charge on any atom is -0.497 e. The van der Waals surface area contributed by atoms with Crippen molar-refractivity contribution in [2.24, 2.45) is 0 Å². The van der Waals surface area contributed by atoms with Gasteiger partial charge in [-0.2, -0.15) is 5.10 Å². The average molecular weight is 758 g/mol. The van der Waals surface area contributed by atoms with E-state index in [2.05, 4.69) is 21.4 Å². The van der Waals surface area contributed by atoms with E-state index >= 15 is 0 Å². The third-order valence-electron chi connectivity index (χ3n) is 11.1. The van der Waals surface area contributed by atoms with Gasteiger partial charge < -0.3 is 23.7 Å². The fraction of sp³-hybridized carbons (Fsp3) is 0.488. The SMILES string of the molecule is CCn1nc(C)c(C(=O)N2CCO[C@H](COC)C2)c1C1=Cc2cc(OC)ccc2-c2c(C3CCCCC3)c3ccc(C(=O)NS(=O)(=O)C(C)C)cc3n2C1. The number of hydrogen-bond donors (Lipinski definition) is 1. The van der Waals surface area contributed by atoms with Gasteiger partial charge in [-0.1, -0.05) is 25.3 Å². The number of aromatic nitrogens is 3. The Morgan fingerprint density at radius 1 is 1.06 bits per heavy atom. The van der Waals surface area contributed by atoms with Gasteiger partial charge in [-0.15, -0.1) is 0 Å². The second-order valence-electron chi connectivity index (χ2n) is 14.9. The van der Waals surface area contributed by atoms with Gasteiger partial charge in [0, 0.05) is 48.8 Å². The normalized spacial score (nSPS) is 17.9. The summed E-state index contributed by atoms with van der Waals surface area (Å²) >= 11 is 0. The largest absolute Gasteiger partial charge is 0.497 e. The maximum absolute atomic E-state index is 14.6. The molecule has 13 heteroatoms. The Kier molecular flexibility index (Phi) is 10.8. The predicted octanol–water partition coefficient (Wildman–Crippen LogP) is 6.40. The molecule has 54 heavy (non-hydrogen) atoms. The lowest BCUT2D eigenvalue weighted by atomic mass is 9.81. The van der Waals surface area contributed by atoms with Crippen LogP contribution >= 0.6 is 0 Å². The third kappa shape index (κ3) is 6.97. The standard InChI is InChI=1S/C41H51N5O7S/c1-7-46-38(36(26(4)42-46)41(48)44-17-18-53-32(23-44)24-51-5)30-19-29-20-31(52-6)14-16-33(29)39-37(27-11-9-8-10-12-27)34-15-13-28(21-35(34)45(39)22-30)40(47)43-54(49,50)25(2)3/h13-16,19-21,25,27,32H,7-12,17-18,22-24H2,1-6H3,(H,43,47)/t32-/m0/s1. The van der Waals surface area contributed by atoms with Crippen molar-refractivity contribution in [3.05, 3.63) is 70.0 Å². The van der Waals surface area contributed by atoms with Gasteiger partial charge in [0.15, 0.2) is 0 Å². The second-order valence-corrected chi connectivity index (χ2v) is 17.1. The number of allylic oxidation sites excluding steroid dienone is 1. The maximum atomic E-state index is 14.6. The van der Waals surface area contributed by atoms with Crippen molar-refractivity contribution in [2.45, 2.75) is 90.2 Å². The van der Waals surface area contributed by atoms with Crippen LogP contribution in [0.4, 0.5) is 0 Å². The number of methoxy groups -OCH3 is 2. The minimum absolute atomic E-state index is 0.103. The molecule has 2 fully saturated rings. The molecule has 0 unspecified atom stereocenters. The zero-order valence-electron chi connectivity index (χ0n) is 32.1. The number of carbonyl (C=O) groups excluding carboxylic acids is 2. The molecule has 0 spiro atoms. The Morgan fingerprint density at radius 2 is 1.83 bits per heavy atom. The fourth-order valence-electron chi connectivity index (χ4n) is 8.37. The van der Waals surface area contributed by atoms with Gasteiger partial charge in [0.05, 0.1) is 60.9 Å². The van der Waals surface area contributed by atoms with Gasteiger partial charge in [-0.3, -0.25) is 14.3 Å². The molecular weight excluding hydrogens is 707 g/mol. The highest BCUT2D eigenvalue weighted by molar-refractivity contribution is 7.90. The summed E-state index contributed by atoms with van der Waals surface area (Å²) in [5, 5.41) is 5.18. The summed E-state index contributed by atoms with van der Waals surface area (Å²) in [6.45, 7) is 9.61. The first kappa shape index (κ1) is 37.8. The summed E-state index contributed by atoms with van der Waals surface area (Å²) in [6.07, 6.45) is 7.51. The number of hydrogen-bond acceptors (Lipinski definition) is 8. The van der Waals surface area contributed by atoms with Gasteiger partial charge >= 0.3 is 0 Å². The first-order chi connectivity index (χ1) is 25.9. The predicted molar refractivity (Wildman–Crippen MR) is 209 cm³/mol. The lowest BCUT2D eigenvalue weighted by Gasteiger charge is -2.33. The van der Waals surface area contributed by atoms with Gasteiger partial charge in [0.2, 0.25) is 10.0 Å². The van der Waals surface area contributed by atoms with Gasteiger partial charge in [-0.25, -0.2) is 13.1 Å². The molecule has 1 atom stereocenters. The molecule has 0 radical (unpaired) electrons. The number of carbonyl (C=O) groups is 2. The number of sulfonamides is 1. The molecule has 1 aliphatic carbocycles. The Labute approximate surface area is 317 Å². The van der Waals surface area contributed by atoms with E-state index in [1.165, 1.54) is 12.0 Å². The summed E-state index contributed by atoms with van der Waals surface area (Å²) in [4.78, 5) is 29.9. The van der Waals surface area contributed by atoms with Crippen molar-refractivity contribution >= 4 is 44.4 Å². The molecule has 2 aromatic heterocycles. The van der Waals surface area contributed by atoms with Crippen molar-refractivity contribution in [3.8, 4) is 17.0 Å². The number of nitrogens with one attached hydrogen (secondary N) is 1. The van der Waals surface area contributed by atoms with Gasteiger partial charge in [-0.05, 0) is 99.6 Å². The Hall–Kier alpha value is -4.46. The van der Waals surface area contributed by atoms with Crippen LogP contribution in [-0.2, 0) is 32.6 Å². The Bertz CT molecular complexity index is 2230. The summed E-state index contributed by atoms with van der Waals surface area (Å²) in [6, 6.07) is 11.7. The van der Waals surface area contributed by atoms with Crippen LogP contribution in [0.1, 0.15) is 102 Å². The quantitative estimate of drug-likeness (QED) is 0.197. The van der Waals surface area contributed by atoms with Crippen LogP contribution in [0.5, 0.6) is 5.75 Å². The van der Waals surface area contributed by atoms with Crippen LogP contribution < -0.4 is 9.46 Å². The molecule has 12 nitrogen and oxygen atoms in total. The topological polar surface area (TPSA) is 134 Å². The number of benzene rings is 2. The molecule has 0 bridgehead atoms. The van der Waals surface area contributed by atoms with E-state index in [1.807, 2.05) is 47.7 Å². The number of nitrogens with zero attached hydrogens (tertiary/aromatic N) is 4. The number of morpholine rings is 1. The van der Waals surface area contributed by atoms with Crippen LogP contribution in [0.25, 0.3) is 33.8 Å². The number of fused-ring (bicyclic) bond motifs is 5. The molecule has 2 amide bonds. The first-order valence-electron chi connectivity index (χ1n) is 19.0. The second kappa shape index (κ2) is 15.3. The molecule has 3 aliphatic rings. The van der Waals surface area contributed by atoms with Crippen molar-refractivity contribution < 1.29 is 32.2 Å². The lowest BCUT2D eigenvalue weighted by Crippen LogP contribution is -2.47. The van der Waals surface area contributed by atoms with Crippen LogP contribution in [0.2, 0.25) is 0 Å². The Balaban J connectivity index is 1.45. The van der Waals surface area contributed by atoms with Crippen LogP contribution in [0, 0.1) is 6.92 Å². The monoisotopic (exact) mass is 757 g/mol. The molecule has 1 saturated heterocycles. The summed E-state index contributed by atoms with van der Waals surface area (Å²) in [5.41, 5.74) is 8.21. The molecule has 2 aromatic carbocycles. The van der Waals surface area contributed by atoms with Crippen molar-refractivity contribution in [1.82, 2.24) is 24.0 Å². The number of ether oxygens (including phenoxy) is 3. The van der Waals surface area contributed by atoms with Crippen LogP contribution in [0.3, 0.4) is 0 Å². The zero-order chi connectivity index (χ0) is 38.3. The highest BCUT2D eigenvalue weighted by Crippen LogP contribution is 2.48. The summed E-state index contributed by atoms with van der Waals surface area (Å²) in [5.74, 6) is 0.248. The zero-order valence-corrected chi connectivity index (χ0v) is 32.9. The molecule has 2 aliphatic heterocycles. The average Bonchev–Trinajstić information content (AvgIpc) is 3.61.